The monoisotopic (exact) mass is 191 g/mol. The van der Waals surface area contributed by atoms with Gasteiger partial charge in [-0.05, 0) is 31.2 Å². The van der Waals surface area contributed by atoms with Crippen molar-refractivity contribution in [3.8, 4) is 0 Å². The van der Waals surface area contributed by atoms with Crippen molar-refractivity contribution < 1.29 is 4.84 Å². The zero-order valence-corrected chi connectivity index (χ0v) is 8.57. The van der Waals surface area contributed by atoms with E-state index in [1.54, 1.807) is 0 Å². The summed E-state index contributed by atoms with van der Waals surface area (Å²) in [4.78, 5) is 5.17. The van der Waals surface area contributed by atoms with Crippen LogP contribution in [0.4, 0.5) is 0 Å². The molecule has 0 heterocycles. The topological polar surface area (TPSA) is 21.3 Å². The van der Waals surface area contributed by atoms with E-state index in [1.807, 2.05) is 6.92 Å². The first-order valence-electron chi connectivity index (χ1n) is 5.32. The summed E-state index contributed by atoms with van der Waals surface area (Å²) >= 11 is 0. The van der Waals surface area contributed by atoms with E-state index in [1.165, 1.54) is 18.4 Å². The van der Waals surface area contributed by atoms with Crippen LogP contribution in [-0.4, -0.2) is 12.6 Å². The van der Waals surface area contributed by atoms with Gasteiger partial charge >= 0.3 is 0 Å². The second-order valence-electron chi connectivity index (χ2n) is 3.83. The summed E-state index contributed by atoms with van der Waals surface area (Å²) in [7, 11) is 0. The van der Waals surface area contributed by atoms with Gasteiger partial charge < -0.3 is 4.84 Å². The lowest BCUT2D eigenvalue weighted by Gasteiger charge is -2.35. The normalized spacial score (nSPS) is 25.8. The van der Waals surface area contributed by atoms with Gasteiger partial charge in [0, 0.05) is 6.04 Å². The van der Waals surface area contributed by atoms with Crippen LogP contribution in [0, 0.1) is 0 Å². The number of hydrogen-bond donors (Lipinski definition) is 1. The van der Waals surface area contributed by atoms with Crippen molar-refractivity contribution in [2.45, 2.75) is 31.7 Å². The van der Waals surface area contributed by atoms with Crippen LogP contribution in [0.2, 0.25) is 0 Å². The first-order chi connectivity index (χ1) is 6.90. The van der Waals surface area contributed by atoms with Gasteiger partial charge in [0.25, 0.3) is 0 Å². The molecule has 0 atom stereocenters. The van der Waals surface area contributed by atoms with Crippen LogP contribution in [0.15, 0.2) is 30.3 Å². The highest BCUT2D eigenvalue weighted by molar-refractivity contribution is 5.22. The highest BCUT2D eigenvalue weighted by Gasteiger charge is 2.29. The lowest BCUT2D eigenvalue weighted by molar-refractivity contribution is -0.00157. The standard InChI is InChI=1S/C12H17NO/c1-2-14-13-12-8-11(9-12)10-6-4-3-5-7-10/h3-7,11-13H,2,8-9H2,1H3. The zero-order valence-electron chi connectivity index (χ0n) is 8.57. The molecular formula is C12H17NO. The summed E-state index contributed by atoms with van der Waals surface area (Å²) in [6.07, 6.45) is 2.40. The maximum atomic E-state index is 5.17. The van der Waals surface area contributed by atoms with Gasteiger partial charge in [-0.2, -0.15) is 5.48 Å². The van der Waals surface area contributed by atoms with Crippen molar-refractivity contribution in [1.82, 2.24) is 5.48 Å². The molecule has 1 fully saturated rings. The van der Waals surface area contributed by atoms with Gasteiger partial charge in [-0.3, -0.25) is 0 Å². The average Bonchev–Trinajstić information content (AvgIpc) is 2.17. The zero-order chi connectivity index (χ0) is 9.80. The summed E-state index contributed by atoms with van der Waals surface area (Å²) in [5.41, 5.74) is 4.53. The average molecular weight is 191 g/mol. The summed E-state index contributed by atoms with van der Waals surface area (Å²) in [5, 5.41) is 0. The molecule has 0 aliphatic heterocycles. The molecule has 0 aromatic heterocycles. The van der Waals surface area contributed by atoms with Crippen molar-refractivity contribution in [1.29, 1.82) is 0 Å². The molecule has 2 rings (SSSR count). The maximum absolute atomic E-state index is 5.17. The second-order valence-corrected chi connectivity index (χ2v) is 3.83. The van der Waals surface area contributed by atoms with E-state index in [4.69, 9.17) is 4.84 Å². The van der Waals surface area contributed by atoms with Crippen molar-refractivity contribution in [3.63, 3.8) is 0 Å². The Bertz CT molecular complexity index is 267. The fourth-order valence-electron chi connectivity index (χ4n) is 1.91. The molecule has 14 heavy (non-hydrogen) atoms. The minimum Gasteiger partial charge on any atom is -0.302 e. The van der Waals surface area contributed by atoms with Crippen molar-refractivity contribution in [2.75, 3.05) is 6.61 Å². The summed E-state index contributed by atoms with van der Waals surface area (Å²) in [6.45, 7) is 2.74. The predicted octanol–water partition coefficient (Wildman–Crippen LogP) is 2.47. The van der Waals surface area contributed by atoms with Crippen LogP contribution < -0.4 is 5.48 Å². The van der Waals surface area contributed by atoms with Crippen LogP contribution in [0.5, 0.6) is 0 Å². The van der Waals surface area contributed by atoms with Crippen LogP contribution in [0.25, 0.3) is 0 Å². The summed E-state index contributed by atoms with van der Waals surface area (Å²) in [6, 6.07) is 11.3. The molecule has 0 amide bonds. The molecule has 76 valence electrons. The minimum atomic E-state index is 0.556. The van der Waals surface area contributed by atoms with Crippen LogP contribution in [0.1, 0.15) is 31.2 Å². The maximum Gasteiger partial charge on any atom is 0.0654 e. The second kappa shape index (κ2) is 4.58. The quantitative estimate of drug-likeness (QED) is 0.738. The number of nitrogens with one attached hydrogen (secondary N) is 1. The van der Waals surface area contributed by atoms with Crippen LogP contribution in [0.3, 0.4) is 0 Å². The largest absolute Gasteiger partial charge is 0.302 e. The molecule has 2 heteroatoms. The first kappa shape index (κ1) is 9.69. The fraction of sp³-hybridized carbons (Fsp3) is 0.500. The molecule has 2 nitrogen and oxygen atoms in total. The van der Waals surface area contributed by atoms with E-state index < -0.39 is 0 Å². The molecule has 1 saturated carbocycles. The Morgan fingerprint density at radius 1 is 1.29 bits per heavy atom. The van der Waals surface area contributed by atoms with Crippen molar-refractivity contribution in [3.05, 3.63) is 35.9 Å². The van der Waals surface area contributed by atoms with E-state index in [9.17, 15) is 0 Å². The van der Waals surface area contributed by atoms with Crippen LogP contribution in [-0.2, 0) is 4.84 Å². The van der Waals surface area contributed by atoms with E-state index >= 15 is 0 Å². The Balaban J connectivity index is 1.78. The number of rotatable bonds is 4. The first-order valence-corrected chi connectivity index (χ1v) is 5.32. The Labute approximate surface area is 85.2 Å². The van der Waals surface area contributed by atoms with Gasteiger partial charge in [0.05, 0.1) is 6.61 Å². The summed E-state index contributed by atoms with van der Waals surface area (Å²) < 4.78 is 0. The van der Waals surface area contributed by atoms with Gasteiger partial charge in [0.1, 0.15) is 0 Å². The van der Waals surface area contributed by atoms with E-state index in [-0.39, 0.29) is 0 Å². The molecule has 0 unspecified atom stereocenters. The van der Waals surface area contributed by atoms with Gasteiger partial charge in [-0.15, -0.1) is 0 Å². The number of hydrogen-bond acceptors (Lipinski definition) is 2. The summed E-state index contributed by atoms with van der Waals surface area (Å²) in [5.74, 6) is 0.731. The highest BCUT2D eigenvalue weighted by Crippen LogP contribution is 2.36. The highest BCUT2D eigenvalue weighted by atomic mass is 16.6. The lowest BCUT2D eigenvalue weighted by atomic mass is 9.76. The molecule has 1 N–H and O–H groups in total. The third-order valence-corrected chi connectivity index (χ3v) is 2.80. The van der Waals surface area contributed by atoms with Crippen molar-refractivity contribution >= 4 is 0 Å². The lowest BCUT2D eigenvalue weighted by Crippen LogP contribution is -2.39. The molecule has 1 aliphatic rings. The number of benzene rings is 1. The third-order valence-electron chi connectivity index (χ3n) is 2.80. The Morgan fingerprint density at radius 3 is 2.64 bits per heavy atom. The molecule has 0 bridgehead atoms. The molecule has 0 radical (unpaired) electrons. The fourth-order valence-corrected chi connectivity index (χ4v) is 1.91. The Hall–Kier alpha value is -0.860. The van der Waals surface area contributed by atoms with E-state index in [0.717, 1.165) is 12.5 Å². The SMILES string of the molecule is CCONC1CC(c2ccccc2)C1. The third kappa shape index (κ3) is 2.14. The van der Waals surface area contributed by atoms with Gasteiger partial charge in [0.2, 0.25) is 0 Å². The minimum absolute atomic E-state index is 0.556. The molecule has 1 aromatic carbocycles. The molecule has 1 aromatic rings. The Morgan fingerprint density at radius 2 is 2.00 bits per heavy atom. The van der Waals surface area contributed by atoms with E-state index in [0.29, 0.717) is 6.04 Å². The van der Waals surface area contributed by atoms with Gasteiger partial charge in [-0.25, -0.2) is 0 Å². The predicted molar refractivity (Wildman–Crippen MR) is 57.0 cm³/mol. The van der Waals surface area contributed by atoms with Gasteiger partial charge in [-0.1, -0.05) is 30.3 Å². The molecule has 0 saturated heterocycles. The number of hydroxylamine groups is 1. The van der Waals surface area contributed by atoms with Crippen molar-refractivity contribution in [2.24, 2.45) is 0 Å². The molecule has 1 aliphatic carbocycles. The molecular weight excluding hydrogens is 174 g/mol. The molecule has 0 spiro atoms. The smallest absolute Gasteiger partial charge is 0.0654 e. The van der Waals surface area contributed by atoms with Crippen LogP contribution >= 0.6 is 0 Å². The van der Waals surface area contributed by atoms with E-state index in [2.05, 4.69) is 35.8 Å². The van der Waals surface area contributed by atoms with Gasteiger partial charge in [0.15, 0.2) is 0 Å². The Kier molecular flexibility index (Phi) is 3.17.